The topological polar surface area (TPSA) is 921 Å². The Bertz CT molecular complexity index is 3230. The van der Waals surface area contributed by atoms with Gasteiger partial charge in [0.25, 0.3) is 0 Å². The Morgan fingerprint density at radius 3 is 0.406 bits per heavy atom. The van der Waals surface area contributed by atoms with Gasteiger partial charge in [-0.3, -0.25) is 58.7 Å². The van der Waals surface area contributed by atoms with Crippen molar-refractivity contribution in [1.82, 2.24) is 29.9 Å². The minimum atomic E-state index is -1.56. The molecule has 48 nitrogen and oxygen atoms in total. The number of carbonyl (C=O) groups is 6. The van der Waals surface area contributed by atoms with Crippen LogP contribution < -0.4 is 0 Å². The van der Waals surface area contributed by atoms with Gasteiger partial charge >= 0.3 is 172 Å². The third kappa shape index (κ3) is 155. The van der Waals surface area contributed by atoms with E-state index in [-0.39, 0.29) is 151 Å². The van der Waals surface area contributed by atoms with E-state index >= 15 is 0 Å². The molecule has 0 aliphatic heterocycles. The molecule has 0 aliphatic carbocycles. The van der Waals surface area contributed by atoms with E-state index in [0.29, 0.717) is 108 Å². The van der Waals surface area contributed by atoms with Crippen LogP contribution >= 0.6 is 0 Å². The molecule has 3 unspecified atom stereocenters. The molecule has 0 spiro atoms. The van der Waals surface area contributed by atoms with Crippen molar-refractivity contribution in [2.45, 2.75) is 156 Å². The predicted molar refractivity (Wildman–Crippen MR) is 487 cm³/mol. The van der Waals surface area contributed by atoms with Crippen LogP contribution in [-0.2, 0) is 230 Å². The van der Waals surface area contributed by atoms with Crippen LogP contribution in [0.15, 0.2) is 183 Å². The third-order valence-corrected chi connectivity index (χ3v) is 11.6. The molecule has 3 atom stereocenters. The second-order valence-corrected chi connectivity index (χ2v) is 25.0. The zero-order valence-electron chi connectivity index (χ0n) is 77.6. The summed E-state index contributed by atoms with van der Waals surface area (Å²) in [4.78, 5) is 86.7. The fourth-order valence-electron chi connectivity index (χ4n) is 6.73. The molecular formula is C84H135N15O33V6-3. The average Bonchev–Trinajstić information content (AvgIpc) is 0.930. The molecule has 30 N–H and O–H groups in total. The van der Waals surface area contributed by atoms with Crippen LogP contribution in [0.1, 0.15) is 129 Å². The fourth-order valence-corrected chi connectivity index (χ4v) is 6.73. The molecule has 777 valence electrons. The van der Waals surface area contributed by atoms with Gasteiger partial charge in [-0.25, -0.2) is 0 Å². The Hall–Kier alpha value is -9.45. The molecule has 0 radical (unpaired) electrons. The first-order chi connectivity index (χ1) is 65.1. The second-order valence-electron chi connectivity index (χ2n) is 24.3. The Morgan fingerprint density at radius 1 is 0.268 bits per heavy atom. The number of aliphatic hydroxyl groups is 12. The number of carboxylic acid groups (broad SMARTS) is 6. The van der Waals surface area contributed by atoms with Gasteiger partial charge in [0.1, 0.15) is 0 Å². The molecule has 0 aliphatic rings. The molecule has 54 heteroatoms. The SMILES string of the molecule is C=C(O)Cc1cccc(CC(=O)O)n1.C=C(O)Cc1cccc(CC(=O)O)n1.C=C(O)Cc1cccc(CC(=O)O)n1.C=C(O)Cc1cccc(CC(=O)O)n1.C=C(O)Cc1cccc(CC(=O)O)n1.C=C(O)Cc1cccc(CC(=O)O)n1.CCC[NH-].CCC[NH-].CCC[NH-].CC[NH-].CC[NH-].CC[NH-].[NH-]CC(O)CO.[NH-]CC(O)CO.[NH-]CC(O)CO.[O]=[V+2].[O]=[V+2].[O]=[V+2].[O]=[V][OH].[O]=[V][OH].[O]=[V][OH]. The van der Waals surface area contributed by atoms with Gasteiger partial charge in [-0.15, -0.1) is 19.6 Å². The van der Waals surface area contributed by atoms with Crippen molar-refractivity contribution in [2.24, 2.45) is 0 Å². The molecule has 0 aromatic carbocycles. The van der Waals surface area contributed by atoms with E-state index in [9.17, 15) is 28.8 Å². The molecule has 6 aromatic heterocycles. The molecule has 6 heterocycles. The summed E-state index contributed by atoms with van der Waals surface area (Å²) in [6, 6.07) is 30.4. The van der Waals surface area contributed by atoms with Crippen LogP contribution in [0, 0.1) is 0 Å². The van der Waals surface area contributed by atoms with Crippen molar-refractivity contribution >= 4 is 35.8 Å². The summed E-state index contributed by atoms with van der Waals surface area (Å²) in [6.45, 7) is 33.4. The third-order valence-electron chi connectivity index (χ3n) is 11.6. The molecule has 6 aromatic rings. The maximum absolute atomic E-state index is 10.4. The van der Waals surface area contributed by atoms with Gasteiger partial charge in [0.15, 0.2) is 0 Å². The molecule has 0 saturated carbocycles. The van der Waals surface area contributed by atoms with E-state index < -0.39 is 104 Å². The number of aliphatic carboxylic acids is 6. The van der Waals surface area contributed by atoms with Gasteiger partial charge in [0.2, 0.25) is 0 Å². The Balaban J connectivity index is -0.0000000917. The van der Waals surface area contributed by atoms with Crippen molar-refractivity contribution in [3.63, 3.8) is 0 Å². The van der Waals surface area contributed by atoms with Gasteiger partial charge in [0, 0.05) is 72.7 Å². The Morgan fingerprint density at radius 2 is 0.355 bits per heavy atom. The maximum atomic E-state index is 10.4. The number of pyridine rings is 6. The molecule has 6 rings (SSSR count). The van der Waals surface area contributed by atoms with Crippen LogP contribution in [0.2, 0.25) is 0 Å². The van der Waals surface area contributed by atoms with Gasteiger partial charge in [-0.05, 0) is 72.8 Å². The summed E-state index contributed by atoms with van der Waals surface area (Å²) in [7, 11) is 0. The van der Waals surface area contributed by atoms with E-state index in [4.69, 9.17) is 178 Å². The molecule has 0 saturated heterocycles. The monoisotopic (exact) mass is 2190 g/mol. The molecular weight excluding hydrogens is 2050 g/mol. The van der Waals surface area contributed by atoms with E-state index in [2.05, 4.69) is 69.4 Å². The molecule has 0 bridgehead atoms. The first-order valence-corrected chi connectivity index (χ1v) is 44.7. The molecule has 0 fully saturated rings. The quantitative estimate of drug-likeness (QED) is 0.0170. The van der Waals surface area contributed by atoms with Crippen molar-refractivity contribution in [3.8, 4) is 0 Å². The Labute approximate surface area is 854 Å². The predicted octanol–water partition coefficient (Wildman–Crippen LogP) is 11.2. The van der Waals surface area contributed by atoms with Crippen LogP contribution in [0.25, 0.3) is 51.6 Å². The number of aliphatic hydroxyl groups excluding tert-OH is 12. The summed E-state index contributed by atoms with van der Waals surface area (Å²) in [5, 5.41) is 153. The number of hydrogen-bond acceptors (Lipinski definition) is 30. The van der Waals surface area contributed by atoms with Crippen molar-refractivity contribution < 1.29 is 257 Å². The van der Waals surface area contributed by atoms with Gasteiger partial charge < -0.3 is 144 Å². The first-order valence-electron chi connectivity index (χ1n) is 39.5. The number of nitrogens with one attached hydrogen (secondary N) is 9. The summed E-state index contributed by atoms with van der Waals surface area (Å²) in [5.74, 6) is -5.40. The van der Waals surface area contributed by atoms with Crippen LogP contribution in [0.4, 0.5) is 0 Å². The van der Waals surface area contributed by atoms with E-state index in [1.165, 1.54) is 0 Å². The first kappa shape index (κ1) is 162. The standard InChI is InChI=1S/6C10H11NO3.3C3H8NO2.3C3H8N.3C2H6N.3H2O.6O.6V/c6*1-7(12)5-8-3-2-4-9(11-8)6-10(13)14;3*4-1-3(6)2-5;3*1-2-3-4;3*1-2-3;;;;;;;;;;;;;;;/h6*2-4,12H,1,5-6H2,(H,13,14);3*3-6H,1-2H2;3*4H,2-3H2,1H3;3*3H,2H2,1H3;3*1H2;;;;;;;;;;;;/q;;;;;;9*-1;;;;;;;;;;3*+1;3*+2/p-3. The number of aromatic nitrogens is 6. The van der Waals surface area contributed by atoms with E-state index in [0.717, 1.165) is 71.4 Å². The summed E-state index contributed by atoms with van der Waals surface area (Å²) in [6.07, 6.45) is 1.34. The normalized spacial score (nSPS) is 9.26. The van der Waals surface area contributed by atoms with E-state index in [1.807, 2.05) is 20.8 Å². The summed E-state index contributed by atoms with van der Waals surface area (Å²) < 4.78 is 71.6. The zero-order valence-corrected chi connectivity index (χ0v) is 86.0. The van der Waals surface area contributed by atoms with Gasteiger partial charge in [-0.1, -0.05) is 137 Å². The summed E-state index contributed by atoms with van der Waals surface area (Å²) in [5.41, 5.74) is 63.8. The summed E-state index contributed by atoms with van der Waals surface area (Å²) >= 11 is -1.50. The number of allylic oxidation sites excluding steroid dienone is 6. The zero-order chi connectivity index (χ0) is 111. The van der Waals surface area contributed by atoms with E-state index in [1.54, 1.807) is 130 Å². The Kier molecular flexibility index (Phi) is 152. The van der Waals surface area contributed by atoms with Crippen molar-refractivity contribution in [2.75, 3.05) is 78.7 Å². The molecule has 138 heavy (non-hydrogen) atoms. The number of carboxylic acids is 6. The van der Waals surface area contributed by atoms with Crippen LogP contribution in [0.5, 0.6) is 0 Å². The number of nitrogens with zero attached hydrogens (tertiary/aromatic N) is 6. The fraction of sp³-hybridized carbons (Fsp3) is 0.429. The van der Waals surface area contributed by atoms with Crippen molar-refractivity contribution in [1.29, 1.82) is 0 Å². The van der Waals surface area contributed by atoms with Crippen molar-refractivity contribution in [3.05, 3.63) is 303 Å². The average molecular weight is 2190 g/mol. The number of rotatable bonds is 33. The minimum absolute atomic E-state index is 0.0185. The van der Waals surface area contributed by atoms with Crippen LogP contribution in [0.3, 0.4) is 0 Å². The van der Waals surface area contributed by atoms with Gasteiger partial charge in [0.05, 0.1) is 145 Å². The van der Waals surface area contributed by atoms with Crippen LogP contribution in [-0.4, -0.2) is 267 Å². The number of hydrogen-bond donors (Lipinski definition) is 21. The molecule has 0 amide bonds. The second kappa shape index (κ2) is 130. The van der Waals surface area contributed by atoms with Gasteiger partial charge in [-0.2, -0.15) is 39.3 Å².